The Kier molecular flexibility index (Phi) is 6.61. The van der Waals surface area contributed by atoms with E-state index in [0.717, 1.165) is 6.42 Å². The highest BCUT2D eigenvalue weighted by molar-refractivity contribution is 7.89. The Morgan fingerprint density at radius 1 is 1.15 bits per heavy atom. The van der Waals surface area contributed by atoms with Gasteiger partial charge in [-0.2, -0.15) is 4.31 Å². The Balaban J connectivity index is 3.01. The molecule has 20 heavy (non-hydrogen) atoms. The average molecular weight is 300 g/mol. The molecule has 5 nitrogen and oxygen atoms in total. The first-order valence-electron chi connectivity index (χ1n) is 6.76. The monoisotopic (exact) mass is 300 g/mol. The van der Waals surface area contributed by atoms with Gasteiger partial charge >= 0.3 is 0 Å². The van der Waals surface area contributed by atoms with E-state index < -0.39 is 10.0 Å². The largest absolute Gasteiger partial charge is 0.392 e. The number of benzene rings is 1. The summed E-state index contributed by atoms with van der Waals surface area (Å²) in [4.78, 5) is 2.21. The number of hydrogen-bond acceptors (Lipinski definition) is 4. The van der Waals surface area contributed by atoms with Crippen molar-refractivity contribution in [3.05, 3.63) is 29.8 Å². The van der Waals surface area contributed by atoms with Crippen molar-refractivity contribution in [1.29, 1.82) is 0 Å². The van der Waals surface area contributed by atoms with Crippen LogP contribution >= 0.6 is 0 Å². The second kappa shape index (κ2) is 7.73. The van der Waals surface area contributed by atoms with Crippen LogP contribution in [-0.2, 0) is 16.6 Å². The molecule has 0 bridgehead atoms. The highest BCUT2D eigenvalue weighted by Crippen LogP contribution is 2.17. The van der Waals surface area contributed by atoms with E-state index in [2.05, 4.69) is 0 Å². The molecule has 0 unspecified atom stereocenters. The summed E-state index contributed by atoms with van der Waals surface area (Å²) in [7, 11) is 0.344. The zero-order valence-corrected chi connectivity index (χ0v) is 13.2. The van der Waals surface area contributed by atoms with Crippen LogP contribution < -0.4 is 0 Å². The van der Waals surface area contributed by atoms with Crippen molar-refractivity contribution in [2.75, 3.05) is 33.7 Å². The molecule has 0 spiro atoms. The summed E-state index contributed by atoms with van der Waals surface area (Å²) in [6, 6.07) is 6.48. The van der Waals surface area contributed by atoms with Crippen molar-refractivity contribution < 1.29 is 13.5 Å². The number of nitrogens with zero attached hydrogens (tertiary/aromatic N) is 2. The lowest BCUT2D eigenvalue weighted by atomic mass is 10.2. The number of aliphatic hydroxyl groups excluding tert-OH is 1. The van der Waals surface area contributed by atoms with Gasteiger partial charge in [-0.05, 0) is 38.2 Å². The van der Waals surface area contributed by atoms with Gasteiger partial charge in [0.2, 0.25) is 10.0 Å². The number of sulfonamides is 1. The molecular formula is C14H24N2O3S. The highest BCUT2D eigenvalue weighted by Gasteiger charge is 2.23. The van der Waals surface area contributed by atoms with E-state index in [-0.39, 0.29) is 11.5 Å². The van der Waals surface area contributed by atoms with Gasteiger partial charge in [-0.1, -0.05) is 19.1 Å². The maximum Gasteiger partial charge on any atom is 0.243 e. The van der Waals surface area contributed by atoms with E-state index in [9.17, 15) is 8.42 Å². The fraction of sp³-hybridized carbons (Fsp3) is 0.571. The van der Waals surface area contributed by atoms with Gasteiger partial charge in [0.15, 0.2) is 0 Å². The molecule has 0 heterocycles. The molecule has 1 N–H and O–H groups in total. The van der Waals surface area contributed by atoms with E-state index in [4.69, 9.17) is 5.11 Å². The molecule has 0 amide bonds. The topological polar surface area (TPSA) is 60.9 Å². The predicted molar refractivity (Wildman–Crippen MR) is 80.0 cm³/mol. The Bertz CT molecular complexity index is 515. The van der Waals surface area contributed by atoms with Crippen molar-refractivity contribution in [1.82, 2.24) is 9.21 Å². The van der Waals surface area contributed by atoms with Crippen LogP contribution in [0.15, 0.2) is 29.2 Å². The van der Waals surface area contributed by atoms with E-state index in [1.807, 2.05) is 25.9 Å². The van der Waals surface area contributed by atoms with E-state index in [1.54, 1.807) is 18.2 Å². The van der Waals surface area contributed by atoms with Crippen LogP contribution in [0.4, 0.5) is 0 Å². The standard InChI is InChI=1S/C14H24N2O3S/c1-4-8-16(10-9-15(2)3)20(18,19)14-7-5-6-13(11-14)12-17/h5-7,11,17H,4,8-10,12H2,1-3H3. The summed E-state index contributed by atoms with van der Waals surface area (Å²) in [5.41, 5.74) is 0.607. The first-order valence-corrected chi connectivity index (χ1v) is 8.20. The van der Waals surface area contributed by atoms with Gasteiger partial charge in [0, 0.05) is 19.6 Å². The molecule has 0 aromatic heterocycles. The second-order valence-electron chi connectivity index (χ2n) is 5.01. The minimum absolute atomic E-state index is 0.158. The van der Waals surface area contributed by atoms with Gasteiger partial charge in [0.25, 0.3) is 0 Å². The van der Waals surface area contributed by atoms with E-state index in [1.165, 1.54) is 10.4 Å². The third kappa shape index (κ3) is 4.56. The van der Waals surface area contributed by atoms with Crippen molar-refractivity contribution in [2.24, 2.45) is 0 Å². The van der Waals surface area contributed by atoms with E-state index >= 15 is 0 Å². The molecule has 6 heteroatoms. The fourth-order valence-corrected chi connectivity index (χ4v) is 3.46. The van der Waals surface area contributed by atoms with Gasteiger partial charge in [-0.3, -0.25) is 0 Å². The quantitative estimate of drug-likeness (QED) is 0.782. The molecule has 0 aliphatic carbocycles. The first-order chi connectivity index (χ1) is 9.41. The minimum Gasteiger partial charge on any atom is -0.392 e. The fourth-order valence-electron chi connectivity index (χ4n) is 1.87. The van der Waals surface area contributed by atoms with Gasteiger partial charge < -0.3 is 10.0 Å². The second-order valence-corrected chi connectivity index (χ2v) is 6.95. The van der Waals surface area contributed by atoms with Crippen molar-refractivity contribution in [3.8, 4) is 0 Å². The van der Waals surface area contributed by atoms with Crippen LogP contribution in [0.5, 0.6) is 0 Å². The van der Waals surface area contributed by atoms with Crippen LogP contribution in [-0.4, -0.2) is 56.5 Å². The zero-order valence-electron chi connectivity index (χ0n) is 12.4. The number of likely N-dealkylation sites (N-methyl/N-ethyl adjacent to an activating group) is 1. The maximum absolute atomic E-state index is 12.6. The highest BCUT2D eigenvalue weighted by atomic mass is 32.2. The lowest BCUT2D eigenvalue weighted by molar-refractivity contribution is 0.281. The summed E-state index contributed by atoms with van der Waals surface area (Å²) >= 11 is 0. The Labute approximate surface area is 121 Å². The molecule has 1 aromatic carbocycles. The number of rotatable bonds is 8. The minimum atomic E-state index is -3.50. The molecule has 0 fully saturated rings. The van der Waals surface area contributed by atoms with Crippen LogP contribution in [0.1, 0.15) is 18.9 Å². The average Bonchev–Trinajstić information content (AvgIpc) is 2.43. The smallest absolute Gasteiger partial charge is 0.243 e. The lowest BCUT2D eigenvalue weighted by Gasteiger charge is -2.23. The molecule has 0 atom stereocenters. The van der Waals surface area contributed by atoms with E-state index in [0.29, 0.717) is 25.2 Å². The third-order valence-corrected chi connectivity index (χ3v) is 4.88. The van der Waals surface area contributed by atoms with Crippen LogP contribution in [0, 0.1) is 0 Å². The first kappa shape index (κ1) is 17.1. The molecule has 0 saturated carbocycles. The zero-order chi connectivity index (χ0) is 15.2. The van der Waals surface area contributed by atoms with Crippen LogP contribution in [0.25, 0.3) is 0 Å². The summed E-state index contributed by atoms with van der Waals surface area (Å²) in [5.74, 6) is 0. The molecule has 0 radical (unpaired) electrons. The van der Waals surface area contributed by atoms with Gasteiger partial charge in [0.1, 0.15) is 0 Å². The Morgan fingerprint density at radius 3 is 2.40 bits per heavy atom. The molecule has 0 aliphatic rings. The molecular weight excluding hydrogens is 276 g/mol. The van der Waals surface area contributed by atoms with Gasteiger partial charge in [-0.15, -0.1) is 0 Å². The van der Waals surface area contributed by atoms with Crippen molar-refractivity contribution in [2.45, 2.75) is 24.8 Å². The molecule has 114 valence electrons. The number of aliphatic hydroxyl groups is 1. The Morgan fingerprint density at radius 2 is 1.85 bits per heavy atom. The molecule has 1 aromatic rings. The molecule has 1 rings (SSSR count). The molecule has 0 saturated heterocycles. The van der Waals surface area contributed by atoms with Crippen LogP contribution in [0.3, 0.4) is 0 Å². The summed E-state index contributed by atoms with van der Waals surface area (Å²) in [6.07, 6.45) is 0.770. The Hall–Kier alpha value is -0.950. The summed E-state index contributed by atoms with van der Waals surface area (Å²) in [6.45, 7) is 3.45. The third-order valence-electron chi connectivity index (χ3n) is 2.99. The maximum atomic E-state index is 12.6. The number of hydrogen-bond donors (Lipinski definition) is 1. The lowest BCUT2D eigenvalue weighted by Crippen LogP contribution is -2.37. The SMILES string of the molecule is CCCN(CCN(C)C)S(=O)(=O)c1cccc(CO)c1. The summed E-state index contributed by atoms with van der Waals surface area (Å²) < 4.78 is 26.8. The van der Waals surface area contributed by atoms with Gasteiger partial charge in [0.05, 0.1) is 11.5 Å². The predicted octanol–water partition coefficient (Wildman–Crippen LogP) is 1.14. The van der Waals surface area contributed by atoms with Crippen molar-refractivity contribution >= 4 is 10.0 Å². The van der Waals surface area contributed by atoms with Gasteiger partial charge in [-0.25, -0.2) is 8.42 Å². The summed E-state index contributed by atoms with van der Waals surface area (Å²) in [5, 5.41) is 9.13. The van der Waals surface area contributed by atoms with Crippen molar-refractivity contribution in [3.63, 3.8) is 0 Å². The van der Waals surface area contributed by atoms with Crippen LogP contribution in [0.2, 0.25) is 0 Å². The molecule has 0 aliphatic heterocycles. The normalized spacial score (nSPS) is 12.3.